The molecule has 1 aliphatic heterocycles. The van der Waals surface area contributed by atoms with Crippen molar-refractivity contribution in [2.24, 2.45) is 0 Å². The first kappa shape index (κ1) is 18.1. The lowest BCUT2D eigenvalue weighted by molar-refractivity contribution is -0.128. The molecule has 2 aromatic rings. The molecule has 1 N–H and O–H groups in total. The molecule has 8 heteroatoms. The lowest BCUT2D eigenvalue weighted by Gasteiger charge is -2.26. The van der Waals surface area contributed by atoms with Crippen molar-refractivity contribution in [2.75, 3.05) is 32.9 Å². The maximum atomic E-state index is 12.2. The smallest absolute Gasteiger partial charge is 0.267 e. The number of hydrogen-bond donors (Lipinski definition) is 1. The van der Waals surface area contributed by atoms with Gasteiger partial charge < -0.3 is 9.47 Å². The number of aromatic nitrogens is 2. The van der Waals surface area contributed by atoms with E-state index < -0.39 is 0 Å². The molecule has 0 unspecified atom stereocenters. The minimum absolute atomic E-state index is 0.138. The van der Waals surface area contributed by atoms with Gasteiger partial charge >= 0.3 is 0 Å². The second-order valence-corrected chi connectivity index (χ2v) is 5.81. The van der Waals surface area contributed by atoms with E-state index in [0.29, 0.717) is 38.6 Å². The molecule has 0 bridgehead atoms. The highest BCUT2D eigenvalue weighted by Gasteiger charge is 2.14. The Bertz CT molecular complexity index is 798. The summed E-state index contributed by atoms with van der Waals surface area (Å²) in [7, 11) is 0. The van der Waals surface area contributed by atoms with Crippen molar-refractivity contribution < 1.29 is 14.3 Å². The molecular weight excluding hydrogens is 336 g/mol. The SMILES string of the molecule is CCOc1ccc(-c2ccc(=O)n(CC(=O)NN3CCOCC3)n2)cc1. The van der Waals surface area contributed by atoms with Crippen LogP contribution in [0.1, 0.15) is 6.92 Å². The Morgan fingerprint density at radius 1 is 1.19 bits per heavy atom. The molecule has 1 aliphatic rings. The summed E-state index contributed by atoms with van der Waals surface area (Å²) >= 11 is 0. The number of carbonyl (C=O) groups is 1. The van der Waals surface area contributed by atoms with Gasteiger partial charge in [-0.3, -0.25) is 15.0 Å². The van der Waals surface area contributed by atoms with Crippen molar-refractivity contribution in [3.63, 3.8) is 0 Å². The van der Waals surface area contributed by atoms with Gasteiger partial charge in [0.25, 0.3) is 11.5 Å². The van der Waals surface area contributed by atoms with Crippen LogP contribution >= 0.6 is 0 Å². The molecule has 1 aromatic carbocycles. The summed E-state index contributed by atoms with van der Waals surface area (Å²) in [6.07, 6.45) is 0. The number of hydrazine groups is 1. The van der Waals surface area contributed by atoms with E-state index in [2.05, 4.69) is 10.5 Å². The zero-order valence-electron chi connectivity index (χ0n) is 14.7. The van der Waals surface area contributed by atoms with Gasteiger partial charge in [0.1, 0.15) is 12.3 Å². The van der Waals surface area contributed by atoms with Crippen molar-refractivity contribution in [3.8, 4) is 17.0 Å². The quantitative estimate of drug-likeness (QED) is 0.817. The Kier molecular flexibility index (Phi) is 5.98. The number of hydrogen-bond acceptors (Lipinski definition) is 6. The summed E-state index contributed by atoms with van der Waals surface area (Å²) in [6.45, 7) is 4.78. The number of nitrogens with zero attached hydrogens (tertiary/aromatic N) is 3. The highest BCUT2D eigenvalue weighted by molar-refractivity contribution is 5.75. The summed E-state index contributed by atoms with van der Waals surface area (Å²) in [6, 6.07) is 10.5. The molecule has 0 aliphatic carbocycles. The molecule has 8 nitrogen and oxygen atoms in total. The van der Waals surface area contributed by atoms with Gasteiger partial charge in [-0.1, -0.05) is 0 Å². The first-order valence-corrected chi connectivity index (χ1v) is 8.59. The second-order valence-electron chi connectivity index (χ2n) is 5.81. The molecule has 1 fully saturated rings. The normalized spacial score (nSPS) is 14.8. The topological polar surface area (TPSA) is 85.7 Å². The van der Waals surface area contributed by atoms with Gasteiger partial charge in [-0.05, 0) is 37.3 Å². The van der Waals surface area contributed by atoms with Crippen LogP contribution in [0.5, 0.6) is 5.75 Å². The van der Waals surface area contributed by atoms with Gasteiger partial charge in [-0.2, -0.15) is 5.10 Å². The van der Waals surface area contributed by atoms with Crippen molar-refractivity contribution in [2.45, 2.75) is 13.5 Å². The summed E-state index contributed by atoms with van der Waals surface area (Å²) in [4.78, 5) is 24.2. The van der Waals surface area contributed by atoms with Gasteiger partial charge in [0.15, 0.2) is 0 Å². The third-order valence-electron chi connectivity index (χ3n) is 3.91. The van der Waals surface area contributed by atoms with Crippen LogP contribution in [-0.4, -0.2) is 53.6 Å². The molecule has 0 radical (unpaired) electrons. The third kappa shape index (κ3) is 4.68. The van der Waals surface area contributed by atoms with Crippen LogP contribution in [0.15, 0.2) is 41.2 Å². The number of carbonyl (C=O) groups excluding carboxylic acids is 1. The van der Waals surface area contributed by atoms with E-state index in [1.54, 1.807) is 11.1 Å². The van der Waals surface area contributed by atoms with E-state index in [9.17, 15) is 9.59 Å². The highest BCUT2D eigenvalue weighted by Crippen LogP contribution is 2.19. The van der Waals surface area contributed by atoms with Crippen LogP contribution in [0.3, 0.4) is 0 Å². The number of amides is 1. The first-order valence-electron chi connectivity index (χ1n) is 8.59. The van der Waals surface area contributed by atoms with E-state index >= 15 is 0 Å². The monoisotopic (exact) mass is 358 g/mol. The van der Waals surface area contributed by atoms with Crippen LogP contribution in [0.2, 0.25) is 0 Å². The van der Waals surface area contributed by atoms with E-state index in [0.717, 1.165) is 11.3 Å². The minimum Gasteiger partial charge on any atom is -0.494 e. The lowest BCUT2D eigenvalue weighted by Crippen LogP contribution is -2.49. The van der Waals surface area contributed by atoms with Crippen LogP contribution in [0, 0.1) is 0 Å². The lowest BCUT2D eigenvalue weighted by atomic mass is 10.1. The zero-order chi connectivity index (χ0) is 18.4. The van der Waals surface area contributed by atoms with Crippen molar-refractivity contribution in [3.05, 3.63) is 46.8 Å². The molecule has 1 aromatic heterocycles. The minimum atomic E-state index is -0.322. The van der Waals surface area contributed by atoms with Crippen LogP contribution in [-0.2, 0) is 16.1 Å². The van der Waals surface area contributed by atoms with Crippen LogP contribution in [0.25, 0.3) is 11.3 Å². The largest absolute Gasteiger partial charge is 0.494 e. The Hall–Kier alpha value is -2.71. The number of ether oxygens (including phenoxy) is 2. The Morgan fingerprint density at radius 2 is 1.92 bits per heavy atom. The summed E-state index contributed by atoms with van der Waals surface area (Å²) in [5.41, 5.74) is 3.91. The number of nitrogens with one attached hydrogen (secondary N) is 1. The van der Waals surface area contributed by atoms with Crippen molar-refractivity contribution in [1.82, 2.24) is 20.2 Å². The molecule has 1 saturated heterocycles. The van der Waals surface area contributed by atoms with Crippen molar-refractivity contribution >= 4 is 5.91 Å². The van der Waals surface area contributed by atoms with E-state index in [-0.39, 0.29) is 18.0 Å². The number of morpholine rings is 1. The molecule has 0 atom stereocenters. The Morgan fingerprint density at radius 3 is 2.62 bits per heavy atom. The molecule has 26 heavy (non-hydrogen) atoms. The summed E-state index contributed by atoms with van der Waals surface area (Å²) in [5.74, 6) is 0.486. The average molecular weight is 358 g/mol. The first-order chi connectivity index (χ1) is 12.7. The van der Waals surface area contributed by atoms with E-state index in [1.807, 2.05) is 31.2 Å². The third-order valence-corrected chi connectivity index (χ3v) is 3.91. The van der Waals surface area contributed by atoms with Gasteiger partial charge in [0, 0.05) is 24.7 Å². The molecule has 0 spiro atoms. The van der Waals surface area contributed by atoms with Crippen LogP contribution in [0.4, 0.5) is 0 Å². The van der Waals surface area contributed by atoms with E-state index in [1.165, 1.54) is 10.7 Å². The van der Waals surface area contributed by atoms with E-state index in [4.69, 9.17) is 9.47 Å². The Labute approximate surface area is 151 Å². The molecular formula is C18H22N4O4. The predicted octanol–water partition coefficient (Wildman–Crippen LogP) is 0.672. The fourth-order valence-electron chi connectivity index (χ4n) is 2.63. The van der Waals surface area contributed by atoms with Crippen molar-refractivity contribution in [1.29, 1.82) is 0 Å². The predicted molar refractivity (Wildman–Crippen MR) is 95.6 cm³/mol. The molecule has 0 saturated carbocycles. The second kappa shape index (κ2) is 8.59. The van der Waals surface area contributed by atoms with Gasteiger partial charge in [0.2, 0.25) is 0 Å². The highest BCUT2D eigenvalue weighted by atomic mass is 16.5. The Balaban J connectivity index is 1.70. The average Bonchev–Trinajstić information content (AvgIpc) is 2.65. The summed E-state index contributed by atoms with van der Waals surface area (Å²) < 4.78 is 11.8. The fraction of sp³-hybridized carbons (Fsp3) is 0.389. The molecule has 1 amide bonds. The number of rotatable bonds is 6. The molecule has 3 rings (SSSR count). The number of benzene rings is 1. The maximum absolute atomic E-state index is 12.2. The summed E-state index contributed by atoms with van der Waals surface area (Å²) in [5, 5.41) is 6.10. The standard InChI is InChI=1S/C18H22N4O4/c1-2-26-15-5-3-14(4-6-15)16-7-8-18(24)22(19-16)13-17(23)20-21-9-11-25-12-10-21/h3-8H,2,9-13H2,1H3,(H,20,23). The van der Waals surface area contributed by atoms with Gasteiger partial charge in [-0.15, -0.1) is 0 Å². The molecule has 138 valence electrons. The van der Waals surface area contributed by atoms with Gasteiger partial charge in [-0.25, -0.2) is 9.69 Å². The van der Waals surface area contributed by atoms with Gasteiger partial charge in [0.05, 0.1) is 25.5 Å². The fourth-order valence-corrected chi connectivity index (χ4v) is 2.63. The zero-order valence-corrected chi connectivity index (χ0v) is 14.7. The maximum Gasteiger partial charge on any atom is 0.267 e. The molecule has 2 heterocycles. The van der Waals surface area contributed by atoms with Crippen LogP contribution < -0.4 is 15.7 Å².